The van der Waals surface area contributed by atoms with Crippen LogP contribution < -0.4 is 10.2 Å². The molecule has 6 nitrogen and oxygen atoms in total. The molecule has 0 spiro atoms. The van der Waals surface area contributed by atoms with Gasteiger partial charge in [0.05, 0.1) is 18.8 Å². The number of carbonyl (C=O) groups excluding carboxylic acids is 1. The Morgan fingerprint density at radius 3 is 2.65 bits per heavy atom. The molecule has 6 heteroatoms. The van der Waals surface area contributed by atoms with Gasteiger partial charge in [0, 0.05) is 37.7 Å². The van der Waals surface area contributed by atoms with E-state index < -0.39 is 0 Å². The molecule has 1 aliphatic heterocycles. The van der Waals surface area contributed by atoms with Crippen LogP contribution in [0.2, 0.25) is 0 Å². The summed E-state index contributed by atoms with van der Waals surface area (Å²) in [5, 5.41) is 2.88. The molecule has 3 heterocycles. The number of ether oxygens (including phenoxy) is 1. The molecule has 0 unspecified atom stereocenters. The first-order chi connectivity index (χ1) is 11.2. The first kappa shape index (κ1) is 15.4. The van der Waals surface area contributed by atoms with Crippen molar-refractivity contribution in [3.63, 3.8) is 0 Å². The van der Waals surface area contributed by atoms with Crippen LogP contribution in [0.1, 0.15) is 21.6 Å². The molecule has 23 heavy (non-hydrogen) atoms. The molecule has 0 radical (unpaired) electrons. The van der Waals surface area contributed by atoms with Crippen molar-refractivity contribution >= 4 is 11.7 Å². The molecule has 1 amide bonds. The van der Waals surface area contributed by atoms with Gasteiger partial charge in [0.1, 0.15) is 5.82 Å². The number of amides is 1. The first-order valence-corrected chi connectivity index (χ1v) is 7.71. The van der Waals surface area contributed by atoms with Gasteiger partial charge in [-0.2, -0.15) is 0 Å². The maximum Gasteiger partial charge on any atom is 0.253 e. The average Bonchev–Trinajstić information content (AvgIpc) is 2.61. The van der Waals surface area contributed by atoms with Gasteiger partial charge in [0.2, 0.25) is 0 Å². The standard InChI is InChI=1S/C17H20N4O2/c1-13-2-4-15(12-18-13)17(22)20-11-14-3-5-16(19-10-14)21-6-8-23-9-7-21/h2-5,10,12H,6-9,11H2,1H3,(H,20,22). The number of aryl methyl sites for hydroxylation is 1. The first-order valence-electron chi connectivity index (χ1n) is 7.71. The zero-order valence-electron chi connectivity index (χ0n) is 13.2. The quantitative estimate of drug-likeness (QED) is 0.928. The van der Waals surface area contributed by atoms with Crippen LogP contribution in [0.3, 0.4) is 0 Å². The van der Waals surface area contributed by atoms with Crippen molar-refractivity contribution < 1.29 is 9.53 Å². The molecule has 0 bridgehead atoms. The molecule has 0 saturated carbocycles. The normalized spacial score (nSPS) is 14.6. The van der Waals surface area contributed by atoms with Crippen LogP contribution in [0, 0.1) is 6.92 Å². The summed E-state index contributed by atoms with van der Waals surface area (Å²) in [5.74, 6) is 0.820. The predicted octanol–water partition coefficient (Wildman–Crippen LogP) is 1.55. The Labute approximate surface area is 135 Å². The average molecular weight is 312 g/mol. The van der Waals surface area contributed by atoms with Crippen LogP contribution in [-0.4, -0.2) is 42.2 Å². The van der Waals surface area contributed by atoms with E-state index in [9.17, 15) is 4.79 Å². The van der Waals surface area contributed by atoms with Crippen LogP contribution >= 0.6 is 0 Å². The lowest BCUT2D eigenvalue weighted by atomic mass is 10.2. The van der Waals surface area contributed by atoms with Gasteiger partial charge in [-0.3, -0.25) is 9.78 Å². The lowest BCUT2D eigenvalue weighted by molar-refractivity contribution is 0.0950. The summed E-state index contributed by atoms with van der Waals surface area (Å²) in [5.41, 5.74) is 2.42. The Hall–Kier alpha value is -2.47. The number of hydrogen-bond donors (Lipinski definition) is 1. The van der Waals surface area contributed by atoms with Crippen molar-refractivity contribution in [2.24, 2.45) is 0 Å². The van der Waals surface area contributed by atoms with Crippen molar-refractivity contribution in [2.75, 3.05) is 31.2 Å². The molecule has 2 aromatic rings. The molecule has 0 atom stereocenters. The Morgan fingerprint density at radius 2 is 2.00 bits per heavy atom. The number of carbonyl (C=O) groups is 1. The van der Waals surface area contributed by atoms with Gasteiger partial charge < -0.3 is 15.0 Å². The summed E-state index contributed by atoms with van der Waals surface area (Å²) in [6.07, 6.45) is 3.39. The smallest absolute Gasteiger partial charge is 0.253 e. The molecule has 0 aliphatic carbocycles. The highest BCUT2D eigenvalue weighted by molar-refractivity contribution is 5.93. The van der Waals surface area contributed by atoms with Crippen LogP contribution in [-0.2, 0) is 11.3 Å². The van der Waals surface area contributed by atoms with Crippen molar-refractivity contribution in [1.29, 1.82) is 0 Å². The third-order valence-electron chi connectivity index (χ3n) is 3.77. The number of anilines is 1. The fraction of sp³-hybridized carbons (Fsp3) is 0.353. The van der Waals surface area contributed by atoms with E-state index in [2.05, 4.69) is 20.2 Å². The largest absolute Gasteiger partial charge is 0.378 e. The van der Waals surface area contributed by atoms with Crippen LogP contribution in [0.5, 0.6) is 0 Å². The lowest BCUT2D eigenvalue weighted by Crippen LogP contribution is -2.36. The van der Waals surface area contributed by atoms with E-state index in [1.165, 1.54) is 0 Å². The van der Waals surface area contributed by atoms with Crippen molar-refractivity contribution in [2.45, 2.75) is 13.5 Å². The number of hydrogen-bond acceptors (Lipinski definition) is 5. The minimum atomic E-state index is -0.130. The van der Waals surface area contributed by atoms with E-state index in [4.69, 9.17) is 4.74 Å². The van der Waals surface area contributed by atoms with E-state index in [1.807, 2.05) is 25.1 Å². The molecule has 1 aliphatic rings. The molecule has 1 N–H and O–H groups in total. The zero-order valence-corrected chi connectivity index (χ0v) is 13.2. The second-order valence-corrected chi connectivity index (χ2v) is 5.49. The second-order valence-electron chi connectivity index (χ2n) is 5.49. The number of aromatic nitrogens is 2. The van der Waals surface area contributed by atoms with Gasteiger partial charge in [0.15, 0.2) is 0 Å². The van der Waals surface area contributed by atoms with E-state index in [0.29, 0.717) is 12.1 Å². The summed E-state index contributed by atoms with van der Waals surface area (Å²) in [6, 6.07) is 7.58. The summed E-state index contributed by atoms with van der Waals surface area (Å²) in [6.45, 7) is 5.55. The van der Waals surface area contributed by atoms with Crippen molar-refractivity contribution in [1.82, 2.24) is 15.3 Å². The molecule has 1 fully saturated rings. The minimum Gasteiger partial charge on any atom is -0.378 e. The summed E-state index contributed by atoms with van der Waals surface area (Å²) in [7, 11) is 0. The second kappa shape index (κ2) is 7.19. The maximum atomic E-state index is 12.0. The number of rotatable bonds is 4. The van der Waals surface area contributed by atoms with Gasteiger partial charge in [0.25, 0.3) is 5.91 Å². The van der Waals surface area contributed by atoms with Crippen LogP contribution in [0.4, 0.5) is 5.82 Å². The van der Waals surface area contributed by atoms with E-state index in [0.717, 1.165) is 43.4 Å². The summed E-state index contributed by atoms with van der Waals surface area (Å²) in [4.78, 5) is 22.8. The monoisotopic (exact) mass is 312 g/mol. The highest BCUT2D eigenvalue weighted by Gasteiger charge is 2.12. The van der Waals surface area contributed by atoms with Gasteiger partial charge in [-0.1, -0.05) is 6.07 Å². The Balaban J connectivity index is 1.55. The molecular formula is C17H20N4O2. The zero-order chi connectivity index (χ0) is 16.1. The lowest BCUT2D eigenvalue weighted by Gasteiger charge is -2.27. The molecule has 2 aromatic heterocycles. The van der Waals surface area contributed by atoms with E-state index in [1.54, 1.807) is 18.5 Å². The van der Waals surface area contributed by atoms with Gasteiger partial charge in [-0.05, 0) is 30.7 Å². The van der Waals surface area contributed by atoms with Crippen molar-refractivity contribution in [3.8, 4) is 0 Å². The fourth-order valence-corrected chi connectivity index (χ4v) is 2.39. The highest BCUT2D eigenvalue weighted by atomic mass is 16.5. The molecule has 120 valence electrons. The Bertz CT molecular complexity index is 649. The van der Waals surface area contributed by atoms with E-state index in [-0.39, 0.29) is 5.91 Å². The van der Waals surface area contributed by atoms with Gasteiger partial charge in [-0.25, -0.2) is 4.98 Å². The molecule has 1 saturated heterocycles. The summed E-state index contributed by atoms with van der Waals surface area (Å²) < 4.78 is 5.34. The topological polar surface area (TPSA) is 67.4 Å². The van der Waals surface area contributed by atoms with Crippen LogP contribution in [0.15, 0.2) is 36.7 Å². The van der Waals surface area contributed by atoms with Crippen molar-refractivity contribution in [3.05, 3.63) is 53.5 Å². The number of morpholine rings is 1. The Morgan fingerprint density at radius 1 is 1.17 bits per heavy atom. The van der Waals surface area contributed by atoms with E-state index >= 15 is 0 Å². The van der Waals surface area contributed by atoms with Gasteiger partial charge >= 0.3 is 0 Å². The minimum absolute atomic E-state index is 0.130. The number of pyridine rings is 2. The summed E-state index contributed by atoms with van der Waals surface area (Å²) >= 11 is 0. The third-order valence-corrected chi connectivity index (χ3v) is 3.77. The third kappa shape index (κ3) is 4.04. The van der Waals surface area contributed by atoms with Crippen LogP contribution in [0.25, 0.3) is 0 Å². The predicted molar refractivity (Wildman–Crippen MR) is 87.4 cm³/mol. The fourth-order valence-electron chi connectivity index (χ4n) is 2.39. The number of nitrogens with one attached hydrogen (secondary N) is 1. The highest BCUT2D eigenvalue weighted by Crippen LogP contribution is 2.13. The Kier molecular flexibility index (Phi) is 4.83. The molecule has 3 rings (SSSR count). The SMILES string of the molecule is Cc1ccc(C(=O)NCc2ccc(N3CCOCC3)nc2)cn1. The maximum absolute atomic E-state index is 12.0. The number of nitrogens with zero attached hydrogens (tertiary/aromatic N) is 3. The molecular weight excluding hydrogens is 292 g/mol. The van der Waals surface area contributed by atoms with Gasteiger partial charge in [-0.15, -0.1) is 0 Å². The molecule has 0 aromatic carbocycles.